The highest BCUT2D eigenvalue weighted by atomic mass is 13.9. The van der Waals surface area contributed by atoms with E-state index in [1.807, 2.05) is 0 Å². The summed E-state index contributed by atoms with van der Waals surface area (Å²) in [5.74, 6) is 0. The molecule has 2 aromatic rings. The Morgan fingerprint density at radius 3 is 1.36 bits per heavy atom. The lowest BCUT2D eigenvalue weighted by molar-refractivity contribution is 1.72. The largest absolute Gasteiger partial charge is 0.206 e. The van der Waals surface area contributed by atoms with Crippen molar-refractivity contribution < 1.29 is 0 Å². The van der Waals surface area contributed by atoms with Crippen molar-refractivity contribution in [2.24, 2.45) is 0 Å². The summed E-state index contributed by atoms with van der Waals surface area (Å²) in [7, 11) is 0. The Labute approximate surface area is 85.7 Å². The second-order valence-corrected chi connectivity index (χ2v) is 3.54. The molecular weight excluding hydrogens is 167 g/mol. The molecule has 14 heavy (non-hydrogen) atoms. The molecule has 0 spiro atoms. The van der Waals surface area contributed by atoms with Gasteiger partial charge < -0.3 is 0 Å². The normalized spacial score (nSPS) is 9.79. The first-order valence-electron chi connectivity index (χ1n) is 4.98. The summed E-state index contributed by atoms with van der Waals surface area (Å²) < 4.78 is 0. The topological polar surface area (TPSA) is 0 Å². The third-order valence-electron chi connectivity index (χ3n) is 2.60. The minimum atomic E-state index is 0.484. The highest BCUT2D eigenvalue weighted by Gasteiger charge is 2.10. The molecule has 0 amide bonds. The SMILES string of the molecule is CB(c1ccccc1)c1ccccc1. The van der Waals surface area contributed by atoms with Crippen LogP contribution in [0, 0.1) is 0 Å². The Morgan fingerprint density at radius 1 is 0.643 bits per heavy atom. The molecule has 0 nitrogen and oxygen atoms in total. The van der Waals surface area contributed by atoms with Crippen molar-refractivity contribution in [2.75, 3.05) is 0 Å². The third-order valence-corrected chi connectivity index (χ3v) is 2.60. The molecule has 2 rings (SSSR count). The van der Waals surface area contributed by atoms with E-state index < -0.39 is 0 Å². The molecule has 0 aromatic heterocycles. The number of rotatable bonds is 2. The Balaban J connectivity index is 2.30. The maximum Gasteiger partial charge on any atom is 0.206 e. The van der Waals surface area contributed by atoms with E-state index in [1.54, 1.807) is 0 Å². The van der Waals surface area contributed by atoms with Crippen molar-refractivity contribution in [3.05, 3.63) is 60.7 Å². The summed E-state index contributed by atoms with van der Waals surface area (Å²) in [5.41, 5.74) is 2.75. The first-order valence-corrected chi connectivity index (χ1v) is 4.98. The smallest absolute Gasteiger partial charge is 0.0774 e. The summed E-state index contributed by atoms with van der Waals surface area (Å²) in [6.07, 6.45) is 0. The molecule has 0 N–H and O–H groups in total. The Hall–Kier alpha value is -1.50. The van der Waals surface area contributed by atoms with Gasteiger partial charge in [0.15, 0.2) is 0 Å². The van der Waals surface area contributed by atoms with Crippen LogP contribution in [0.1, 0.15) is 0 Å². The minimum Gasteiger partial charge on any atom is -0.0774 e. The van der Waals surface area contributed by atoms with Crippen LogP contribution in [0.5, 0.6) is 0 Å². The van der Waals surface area contributed by atoms with E-state index in [1.165, 1.54) is 10.9 Å². The van der Waals surface area contributed by atoms with Gasteiger partial charge in [0.05, 0.1) is 0 Å². The van der Waals surface area contributed by atoms with E-state index in [0.29, 0.717) is 6.71 Å². The average Bonchev–Trinajstić information content (AvgIpc) is 2.30. The van der Waals surface area contributed by atoms with Crippen LogP contribution in [-0.2, 0) is 0 Å². The van der Waals surface area contributed by atoms with E-state index in [-0.39, 0.29) is 0 Å². The van der Waals surface area contributed by atoms with Gasteiger partial charge in [-0.15, -0.1) is 0 Å². The summed E-state index contributed by atoms with van der Waals surface area (Å²) in [5, 5.41) is 0. The van der Waals surface area contributed by atoms with Gasteiger partial charge in [0.1, 0.15) is 0 Å². The molecule has 68 valence electrons. The van der Waals surface area contributed by atoms with Gasteiger partial charge in [-0.25, -0.2) is 0 Å². The lowest BCUT2D eigenvalue weighted by Gasteiger charge is -2.08. The molecule has 0 saturated heterocycles. The van der Waals surface area contributed by atoms with Crippen LogP contribution in [-0.4, -0.2) is 6.71 Å². The monoisotopic (exact) mass is 180 g/mol. The van der Waals surface area contributed by atoms with Crippen LogP contribution >= 0.6 is 0 Å². The van der Waals surface area contributed by atoms with Crippen molar-refractivity contribution >= 4 is 17.6 Å². The van der Waals surface area contributed by atoms with Crippen molar-refractivity contribution in [2.45, 2.75) is 6.82 Å². The Kier molecular flexibility index (Phi) is 2.69. The highest BCUT2D eigenvalue weighted by Crippen LogP contribution is 1.91. The molecule has 0 radical (unpaired) electrons. The molecule has 0 saturated carbocycles. The van der Waals surface area contributed by atoms with Gasteiger partial charge in [-0.1, -0.05) is 78.4 Å². The van der Waals surface area contributed by atoms with Gasteiger partial charge in [0.25, 0.3) is 0 Å². The fourth-order valence-electron chi connectivity index (χ4n) is 1.68. The molecule has 1 heteroatoms. The van der Waals surface area contributed by atoms with Crippen LogP contribution in [0.25, 0.3) is 0 Å². The molecule has 0 heterocycles. The van der Waals surface area contributed by atoms with Crippen molar-refractivity contribution in [1.29, 1.82) is 0 Å². The zero-order valence-corrected chi connectivity index (χ0v) is 8.35. The zero-order chi connectivity index (χ0) is 9.80. The minimum absolute atomic E-state index is 0.484. The molecule has 0 fully saturated rings. The zero-order valence-electron chi connectivity index (χ0n) is 8.35. The van der Waals surface area contributed by atoms with Gasteiger partial charge in [-0.05, 0) is 0 Å². The van der Waals surface area contributed by atoms with E-state index in [2.05, 4.69) is 67.5 Å². The van der Waals surface area contributed by atoms with Crippen molar-refractivity contribution in [3.63, 3.8) is 0 Å². The lowest BCUT2D eigenvalue weighted by atomic mass is 9.43. The van der Waals surface area contributed by atoms with E-state index >= 15 is 0 Å². The molecule has 0 aliphatic heterocycles. The van der Waals surface area contributed by atoms with E-state index in [4.69, 9.17) is 0 Å². The van der Waals surface area contributed by atoms with Gasteiger partial charge in [0, 0.05) is 0 Å². The summed E-state index contributed by atoms with van der Waals surface area (Å²) in [6, 6.07) is 21.2. The van der Waals surface area contributed by atoms with Crippen molar-refractivity contribution in [3.8, 4) is 0 Å². The van der Waals surface area contributed by atoms with Gasteiger partial charge in [-0.2, -0.15) is 0 Å². The fraction of sp³-hybridized carbons (Fsp3) is 0.0769. The molecule has 0 bridgehead atoms. The molecule has 0 aliphatic rings. The Morgan fingerprint density at radius 2 is 1.00 bits per heavy atom. The second kappa shape index (κ2) is 4.14. The van der Waals surface area contributed by atoms with E-state index in [0.717, 1.165) is 0 Å². The quantitative estimate of drug-likeness (QED) is 0.619. The van der Waals surface area contributed by atoms with Gasteiger partial charge in [0.2, 0.25) is 6.71 Å². The maximum atomic E-state index is 2.24. The van der Waals surface area contributed by atoms with Gasteiger partial charge >= 0.3 is 0 Å². The average molecular weight is 180 g/mol. The maximum absolute atomic E-state index is 2.24. The van der Waals surface area contributed by atoms with Gasteiger partial charge in [-0.3, -0.25) is 0 Å². The molecular formula is C13H13B. The second-order valence-electron chi connectivity index (χ2n) is 3.54. The van der Waals surface area contributed by atoms with Crippen LogP contribution in [0.4, 0.5) is 0 Å². The Bertz CT molecular complexity index is 341. The van der Waals surface area contributed by atoms with Crippen LogP contribution in [0.2, 0.25) is 6.82 Å². The number of benzene rings is 2. The molecule has 0 atom stereocenters. The fourth-order valence-corrected chi connectivity index (χ4v) is 1.68. The van der Waals surface area contributed by atoms with Crippen molar-refractivity contribution in [1.82, 2.24) is 0 Å². The lowest BCUT2D eigenvalue weighted by Crippen LogP contribution is -2.38. The summed E-state index contributed by atoms with van der Waals surface area (Å²) >= 11 is 0. The summed E-state index contributed by atoms with van der Waals surface area (Å²) in [4.78, 5) is 0. The third kappa shape index (κ3) is 1.87. The predicted molar refractivity (Wildman–Crippen MR) is 63.8 cm³/mol. The van der Waals surface area contributed by atoms with Crippen LogP contribution in [0.3, 0.4) is 0 Å². The molecule has 2 aromatic carbocycles. The number of hydrogen-bond acceptors (Lipinski definition) is 0. The van der Waals surface area contributed by atoms with E-state index in [9.17, 15) is 0 Å². The number of hydrogen-bond donors (Lipinski definition) is 0. The predicted octanol–water partition coefficient (Wildman–Crippen LogP) is 1.93. The molecule has 0 unspecified atom stereocenters. The summed E-state index contributed by atoms with van der Waals surface area (Å²) in [6.45, 7) is 2.72. The van der Waals surface area contributed by atoms with Crippen LogP contribution < -0.4 is 10.9 Å². The first kappa shape index (κ1) is 9.08. The molecule has 0 aliphatic carbocycles. The van der Waals surface area contributed by atoms with Crippen LogP contribution in [0.15, 0.2) is 60.7 Å². The standard InChI is InChI=1S/C13H13B/c1-14(12-8-4-2-5-9-12)13-10-6-3-7-11-13/h2-11H,1H3. The first-order chi connectivity index (χ1) is 6.88. The highest BCUT2D eigenvalue weighted by molar-refractivity contribution is 6.84.